The zero-order valence-corrected chi connectivity index (χ0v) is 12.7. The van der Waals surface area contributed by atoms with Crippen molar-refractivity contribution in [1.29, 1.82) is 0 Å². The van der Waals surface area contributed by atoms with Crippen LogP contribution < -0.4 is 0 Å². The number of nitrogens with zero attached hydrogens (tertiary/aromatic N) is 1. The summed E-state index contributed by atoms with van der Waals surface area (Å²) >= 11 is 0. The lowest BCUT2D eigenvalue weighted by molar-refractivity contribution is -0.148. The number of ether oxygens (including phenoxy) is 1. The van der Waals surface area contributed by atoms with Crippen molar-refractivity contribution in [2.75, 3.05) is 0 Å². The quantitative estimate of drug-likeness (QED) is 0.675. The molecule has 1 unspecified atom stereocenters. The Morgan fingerprint density at radius 3 is 2.61 bits per heavy atom. The average molecular weight is 305 g/mol. The molecule has 3 aromatic rings. The Kier molecular flexibility index (Phi) is 3.23. The molecule has 1 aliphatic rings. The molecule has 4 heteroatoms. The summed E-state index contributed by atoms with van der Waals surface area (Å²) in [5.41, 5.74) is 4.46. The van der Waals surface area contributed by atoms with Gasteiger partial charge in [-0.2, -0.15) is 0 Å². The fourth-order valence-electron chi connectivity index (χ4n) is 3.04. The van der Waals surface area contributed by atoms with Gasteiger partial charge in [0.15, 0.2) is 11.9 Å². The minimum atomic E-state index is -0.478. The molecular formula is C19H15NO3. The smallest absolute Gasteiger partial charge is 0.311 e. The molecule has 2 heterocycles. The number of esters is 1. The standard InChI is InChI=1S/C19H15NO3/c1-12-17(18(23-20-12)13-7-3-2-4-8-13)19-15-10-6-5-9-14(15)11-16(21)22-19/h2-10,19H,11H2,1H3. The Bertz CT molecular complexity index is 867. The van der Waals surface area contributed by atoms with E-state index < -0.39 is 6.10 Å². The molecule has 0 amide bonds. The Hall–Kier alpha value is -2.88. The van der Waals surface area contributed by atoms with Gasteiger partial charge >= 0.3 is 5.97 Å². The molecule has 4 rings (SSSR count). The molecule has 2 aromatic carbocycles. The maximum absolute atomic E-state index is 12.0. The van der Waals surface area contributed by atoms with Crippen molar-refractivity contribution in [2.24, 2.45) is 0 Å². The zero-order valence-electron chi connectivity index (χ0n) is 12.7. The maximum Gasteiger partial charge on any atom is 0.311 e. The summed E-state index contributed by atoms with van der Waals surface area (Å²) in [5.74, 6) is 0.422. The van der Waals surface area contributed by atoms with Gasteiger partial charge in [-0.05, 0) is 12.5 Å². The molecule has 4 nitrogen and oxygen atoms in total. The fourth-order valence-corrected chi connectivity index (χ4v) is 3.04. The Labute approximate surface area is 133 Å². The van der Waals surface area contributed by atoms with Crippen LogP contribution in [0.5, 0.6) is 0 Å². The third-order valence-corrected chi connectivity index (χ3v) is 4.13. The minimum Gasteiger partial charge on any atom is -0.452 e. The van der Waals surface area contributed by atoms with E-state index in [0.29, 0.717) is 12.2 Å². The summed E-state index contributed by atoms with van der Waals surface area (Å²) in [4.78, 5) is 12.0. The summed E-state index contributed by atoms with van der Waals surface area (Å²) in [6, 6.07) is 17.6. The number of carbonyl (C=O) groups excluding carboxylic acids is 1. The molecule has 0 N–H and O–H groups in total. The van der Waals surface area contributed by atoms with E-state index >= 15 is 0 Å². The topological polar surface area (TPSA) is 52.3 Å². The first-order chi connectivity index (χ1) is 11.2. The molecule has 23 heavy (non-hydrogen) atoms. The van der Waals surface area contributed by atoms with Gasteiger partial charge in [-0.1, -0.05) is 59.8 Å². The van der Waals surface area contributed by atoms with Crippen molar-refractivity contribution in [3.05, 3.63) is 77.0 Å². The van der Waals surface area contributed by atoms with Crippen LogP contribution >= 0.6 is 0 Å². The van der Waals surface area contributed by atoms with Crippen molar-refractivity contribution in [3.63, 3.8) is 0 Å². The number of aromatic nitrogens is 1. The van der Waals surface area contributed by atoms with Crippen LogP contribution in [-0.2, 0) is 16.0 Å². The first-order valence-electron chi connectivity index (χ1n) is 7.53. The monoisotopic (exact) mass is 305 g/mol. The van der Waals surface area contributed by atoms with Crippen LogP contribution in [0.3, 0.4) is 0 Å². The number of aryl methyl sites for hydroxylation is 1. The van der Waals surface area contributed by atoms with E-state index in [4.69, 9.17) is 9.26 Å². The molecule has 0 saturated heterocycles. The van der Waals surface area contributed by atoms with E-state index in [9.17, 15) is 4.79 Å². The van der Waals surface area contributed by atoms with Crippen LogP contribution in [-0.4, -0.2) is 11.1 Å². The highest BCUT2D eigenvalue weighted by Crippen LogP contribution is 2.39. The van der Waals surface area contributed by atoms with Gasteiger partial charge in [0, 0.05) is 11.1 Å². The lowest BCUT2D eigenvalue weighted by Gasteiger charge is -2.25. The van der Waals surface area contributed by atoms with Crippen molar-refractivity contribution in [2.45, 2.75) is 19.4 Å². The molecule has 0 saturated carbocycles. The van der Waals surface area contributed by atoms with E-state index in [-0.39, 0.29) is 5.97 Å². The van der Waals surface area contributed by atoms with Crippen LogP contribution in [0.1, 0.15) is 28.5 Å². The van der Waals surface area contributed by atoms with Gasteiger partial charge in [0.05, 0.1) is 17.7 Å². The number of carbonyl (C=O) groups is 1. The fraction of sp³-hybridized carbons (Fsp3) is 0.158. The molecular weight excluding hydrogens is 290 g/mol. The van der Waals surface area contributed by atoms with E-state index in [0.717, 1.165) is 27.9 Å². The lowest BCUT2D eigenvalue weighted by atomic mass is 9.91. The van der Waals surface area contributed by atoms with Gasteiger partial charge in [-0.15, -0.1) is 0 Å². The molecule has 1 aromatic heterocycles. The van der Waals surface area contributed by atoms with Crippen molar-refractivity contribution < 1.29 is 14.1 Å². The Morgan fingerprint density at radius 1 is 1.04 bits per heavy atom. The molecule has 114 valence electrons. The molecule has 1 aliphatic heterocycles. The van der Waals surface area contributed by atoms with Gasteiger partial charge in [-0.25, -0.2) is 0 Å². The summed E-state index contributed by atoms with van der Waals surface area (Å²) in [6.45, 7) is 1.87. The van der Waals surface area contributed by atoms with E-state index in [1.807, 2.05) is 61.5 Å². The molecule has 1 atom stereocenters. The van der Waals surface area contributed by atoms with Gasteiger partial charge in [0.2, 0.25) is 0 Å². The molecule has 0 fully saturated rings. The number of fused-ring (bicyclic) bond motifs is 1. The largest absolute Gasteiger partial charge is 0.452 e. The normalized spacial score (nSPS) is 16.7. The second kappa shape index (κ2) is 5.39. The van der Waals surface area contributed by atoms with Gasteiger partial charge in [0.1, 0.15) is 0 Å². The average Bonchev–Trinajstić information content (AvgIpc) is 2.96. The first-order valence-corrected chi connectivity index (χ1v) is 7.53. The predicted molar refractivity (Wildman–Crippen MR) is 84.8 cm³/mol. The molecule has 0 spiro atoms. The van der Waals surface area contributed by atoms with Crippen LogP contribution in [0.4, 0.5) is 0 Å². The van der Waals surface area contributed by atoms with Gasteiger partial charge in [0.25, 0.3) is 0 Å². The maximum atomic E-state index is 12.0. The zero-order chi connectivity index (χ0) is 15.8. The highest BCUT2D eigenvalue weighted by atomic mass is 16.5. The summed E-state index contributed by atoms with van der Waals surface area (Å²) in [5, 5.41) is 4.10. The van der Waals surface area contributed by atoms with Crippen LogP contribution in [0, 0.1) is 6.92 Å². The summed E-state index contributed by atoms with van der Waals surface area (Å²) in [6.07, 6.45) is -0.175. The molecule has 0 radical (unpaired) electrons. The van der Waals surface area contributed by atoms with Crippen LogP contribution in [0.2, 0.25) is 0 Å². The second-order valence-corrected chi connectivity index (χ2v) is 5.62. The number of hydrogen-bond acceptors (Lipinski definition) is 4. The molecule has 0 bridgehead atoms. The highest BCUT2D eigenvalue weighted by Gasteiger charge is 2.33. The first kappa shape index (κ1) is 13.8. The van der Waals surface area contributed by atoms with Crippen molar-refractivity contribution in [3.8, 4) is 11.3 Å². The van der Waals surface area contributed by atoms with E-state index in [2.05, 4.69) is 5.16 Å². The molecule has 0 aliphatic carbocycles. The van der Waals surface area contributed by atoms with E-state index in [1.165, 1.54) is 0 Å². The number of benzene rings is 2. The second-order valence-electron chi connectivity index (χ2n) is 5.62. The summed E-state index contributed by atoms with van der Waals surface area (Å²) < 4.78 is 11.2. The van der Waals surface area contributed by atoms with Crippen molar-refractivity contribution >= 4 is 5.97 Å². The van der Waals surface area contributed by atoms with Crippen molar-refractivity contribution in [1.82, 2.24) is 5.16 Å². The van der Waals surface area contributed by atoms with Crippen LogP contribution in [0.25, 0.3) is 11.3 Å². The number of rotatable bonds is 2. The predicted octanol–water partition coefficient (Wildman–Crippen LogP) is 3.84. The highest BCUT2D eigenvalue weighted by molar-refractivity contribution is 5.77. The van der Waals surface area contributed by atoms with Gasteiger partial charge in [-0.3, -0.25) is 4.79 Å². The third-order valence-electron chi connectivity index (χ3n) is 4.13. The Balaban J connectivity index is 1.89. The lowest BCUT2D eigenvalue weighted by Crippen LogP contribution is -2.22. The Morgan fingerprint density at radius 2 is 1.78 bits per heavy atom. The third kappa shape index (κ3) is 2.32. The van der Waals surface area contributed by atoms with Gasteiger partial charge < -0.3 is 9.26 Å². The SMILES string of the molecule is Cc1noc(-c2ccccc2)c1C1OC(=O)Cc2ccccc21. The number of hydrogen-bond donors (Lipinski definition) is 0. The van der Waals surface area contributed by atoms with Crippen LogP contribution in [0.15, 0.2) is 59.1 Å². The minimum absolute atomic E-state index is 0.228. The van der Waals surface area contributed by atoms with E-state index in [1.54, 1.807) is 0 Å². The summed E-state index contributed by atoms with van der Waals surface area (Å²) in [7, 11) is 0. The number of cyclic esters (lactones) is 1.